The first-order valence-corrected chi connectivity index (χ1v) is 5.99. The Bertz CT molecular complexity index is 88.8. The van der Waals surface area contributed by atoms with Crippen LogP contribution >= 0.6 is 68.0 Å². The summed E-state index contributed by atoms with van der Waals surface area (Å²) in [5, 5.41) is 0. The number of rotatable bonds is 3. The largest absolute Gasteiger partial charge is 0.170 e. The molecule has 0 aliphatic rings. The van der Waals surface area contributed by atoms with Crippen LogP contribution in [0.25, 0.3) is 0 Å². The minimum Gasteiger partial charge on any atom is -0.0888 e. The van der Waals surface area contributed by atoms with Crippen molar-refractivity contribution < 1.29 is 0 Å². The van der Waals surface area contributed by atoms with E-state index >= 15 is 0 Å². The average Bonchev–Trinajstić information content (AvgIpc) is 1.57. The number of hydrogen-bond acceptors (Lipinski definition) is 2. The molecule has 0 aromatic rings. The quantitative estimate of drug-likeness (QED) is 0.534. The third kappa shape index (κ3) is 9.86. The lowest BCUT2D eigenvalue weighted by atomic mass is 10.9. The molecule has 0 bridgehead atoms. The molecule has 0 radical (unpaired) electrons. The second kappa shape index (κ2) is 4.20. The Morgan fingerprint density at radius 1 is 0.800 bits per heavy atom. The Morgan fingerprint density at radius 2 is 1.00 bits per heavy atom. The van der Waals surface area contributed by atoms with Gasteiger partial charge < -0.3 is 0 Å². The van der Waals surface area contributed by atoms with E-state index in [9.17, 15) is 0 Å². The van der Waals surface area contributed by atoms with Gasteiger partial charge in [0.1, 0.15) is 0 Å². The maximum Gasteiger partial charge on any atom is 0.170 e. The number of halogens is 4. The second-order valence-electron chi connectivity index (χ2n) is 1.78. The van der Waals surface area contributed by atoms with Crippen LogP contribution in [0.3, 0.4) is 0 Å². The van der Waals surface area contributed by atoms with E-state index in [0.717, 1.165) is 0 Å². The Kier molecular flexibility index (Phi) is 4.98. The van der Waals surface area contributed by atoms with Gasteiger partial charge in [-0.2, -0.15) is 0 Å². The molecule has 6 heteroatoms. The van der Waals surface area contributed by atoms with Crippen LogP contribution in [0.5, 0.6) is 0 Å². The van der Waals surface area contributed by atoms with E-state index in [4.69, 9.17) is 46.4 Å². The van der Waals surface area contributed by atoms with Crippen molar-refractivity contribution in [2.45, 2.75) is 21.2 Å². The molecule has 0 aliphatic carbocycles. The SMILES string of the molecule is CC(Cl)(Cl)SSC(C)(Cl)Cl. The molecule has 62 valence electrons. The van der Waals surface area contributed by atoms with E-state index in [0.29, 0.717) is 0 Å². The topological polar surface area (TPSA) is 0 Å². The molecule has 0 amide bonds. The van der Waals surface area contributed by atoms with Crippen molar-refractivity contribution in [3.05, 3.63) is 0 Å². The van der Waals surface area contributed by atoms with Crippen LogP contribution in [0.4, 0.5) is 0 Å². The standard InChI is InChI=1S/C4H6Cl4S2/c1-3(5,6)9-10-4(2,7)8/h1-2H3. The summed E-state index contributed by atoms with van der Waals surface area (Å²) in [6, 6.07) is 0. The number of alkyl halides is 4. The molecule has 0 saturated heterocycles. The van der Waals surface area contributed by atoms with E-state index in [2.05, 4.69) is 0 Å². The van der Waals surface area contributed by atoms with Crippen molar-refractivity contribution in [3.8, 4) is 0 Å². The first kappa shape index (κ1) is 11.9. The van der Waals surface area contributed by atoms with Crippen LogP contribution in [-0.4, -0.2) is 7.33 Å². The highest BCUT2D eigenvalue weighted by molar-refractivity contribution is 8.78. The van der Waals surface area contributed by atoms with Gasteiger partial charge in [0.25, 0.3) is 0 Å². The highest BCUT2D eigenvalue weighted by Crippen LogP contribution is 2.50. The van der Waals surface area contributed by atoms with Crippen LogP contribution in [-0.2, 0) is 0 Å². The summed E-state index contributed by atoms with van der Waals surface area (Å²) in [5.41, 5.74) is 0. The molecule has 10 heavy (non-hydrogen) atoms. The maximum absolute atomic E-state index is 5.63. The van der Waals surface area contributed by atoms with Crippen molar-refractivity contribution in [1.29, 1.82) is 0 Å². The smallest absolute Gasteiger partial charge is 0.0888 e. The van der Waals surface area contributed by atoms with Gasteiger partial charge in [0, 0.05) is 0 Å². The minimum atomic E-state index is -0.838. The van der Waals surface area contributed by atoms with Crippen molar-refractivity contribution in [3.63, 3.8) is 0 Å². The summed E-state index contributed by atoms with van der Waals surface area (Å²) in [6.45, 7) is 3.32. The summed E-state index contributed by atoms with van der Waals surface area (Å²) in [7, 11) is 2.45. The molecule has 0 saturated carbocycles. The summed E-state index contributed by atoms with van der Waals surface area (Å²) in [4.78, 5) is 0. The maximum atomic E-state index is 5.63. The third-order valence-corrected chi connectivity index (χ3v) is 5.28. The molecule has 0 aromatic carbocycles. The second-order valence-corrected chi connectivity index (χ2v) is 9.06. The Hall–Kier alpha value is 1.86. The molecule has 0 nitrogen and oxygen atoms in total. The zero-order chi connectivity index (χ0) is 8.41. The highest BCUT2D eigenvalue weighted by Gasteiger charge is 2.25. The summed E-state index contributed by atoms with van der Waals surface area (Å²) < 4.78 is -1.68. The fourth-order valence-corrected chi connectivity index (χ4v) is 2.45. The van der Waals surface area contributed by atoms with E-state index in [-0.39, 0.29) is 0 Å². The van der Waals surface area contributed by atoms with Crippen molar-refractivity contribution in [2.24, 2.45) is 0 Å². The predicted molar refractivity (Wildman–Crippen MR) is 55.4 cm³/mol. The molecular formula is C4H6Cl4S2. The molecule has 0 atom stereocenters. The molecule has 0 spiro atoms. The Morgan fingerprint density at radius 3 is 1.10 bits per heavy atom. The van der Waals surface area contributed by atoms with E-state index < -0.39 is 7.33 Å². The zero-order valence-corrected chi connectivity index (χ0v) is 9.99. The van der Waals surface area contributed by atoms with Crippen LogP contribution in [0.1, 0.15) is 13.8 Å². The van der Waals surface area contributed by atoms with Gasteiger partial charge in [0.05, 0.1) is 0 Å². The minimum absolute atomic E-state index is 0.838. The van der Waals surface area contributed by atoms with Crippen molar-refractivity contribution >= 4 is 68.0 Å². The van der Waals surface area contributed by atoms with E-state index in [1.54, 1.807) is 13.8 Å². The van der Waals surface area contributed by atoms with Gasteiger partial charge in [0.15, 0.2) is 7.33 Å². The summed E-state index contributed by atoms with van der Waals surface area (Å²) in [6.07, 6.45) is 0. The summed E-state index contributed by atoms with van der Waals surface area (Å²) >= 11 is 22.5. The molecule has 0 fully saturated rings. The molecule has 0 N–H and O–H groups in total. The fourth-order valence-electron chi connectivity index (χ4n) is 0.146. The third-order valence-electron chi connectivity index (χ3n) is 0.334. The normalized spacial score (nSPS) is 13.8. The van der Waals surface area contributed by atoms with E-state index in [1.807, 2.05) is 0 Å². The average molecular weight is 260 g/mol. The van der Waals surface area contributed by atoms with Gasteiger partial charge in [-0.25, -0.2) is 0 Å². The lowest BCUT2D eigenvalue weighted by Gasteiger charge is -2.16. The molecule has 0 aromatic heterocycles. The molecule has 0 rings (SSSR count). The van der Waals surface area contributed by atoms with Crippen LogP contribution < -0.4 is 0 Å². The van der Waals surface area contributed by atoms with Crippen LogP contribution in [0.15, 0.2) is 0 Å². The van der Waals surface area contributed by atoms with Gasteiger partial charge in [0.2, 0.25) is 0 Å². The zero-order valence-electron chi connectivity index (χ0n) is 5.33. The first-order chi connectivity index (χ1) is 4.21. The van der Waals surface area contributed by atoms with Gasteiger partial charge in [-0.05, 0) is 13.8 Å². The van der Waals surface area contributed by atoms with Crippen molar-refractivity contribution in [2.75, 3.05) is 0 Å². The lowest BCUT2D eigenvalue weighted by molar-refractivity contribution is 1.28. The van der Waals surface area contributed by atoms with Gasteiger partial charge in [-0.15, -0.1) is 0 Å². The lowest BCUT2D eigenvalue weighted by Crippen LogP contribution is -2.01. The fraction of sp³-hybridized carbons (Fsp3) is 1.00. The van der Waals surface area contributed by atoms with Crippen LogP contribution in [0, 0.1) is 0 Å². The summed E-state index contributed by atoms with van der Waals surface area (Å²) in [5.74, 6) is 0. The molecular weight excluding hydrogens is 254 g/mol. The Labute approximate surface area is 88.7 Å². The molecule has 0 heterocycles. The highest BCUT2D eigenvalue weighted by atomic mass is 35.5. The Balaban J connectivity index is 3.56. The molecule has 0 unspecified atom stereocenters. The van der Waals surface area contributed by atoms with Gasteiger partial charge in [-0.3, -0.25) is 0 Å². The van der Waals surface area contributed by atoms with Crippen molar-refractivity contribution in [1.82, 2.24) is 0 Å². The monoisotopic (exact) mass is 258 g/mol. The number of hydrogen-bond donors (Lipinski definition) is 0. The molecule has 0 aliphatic heterocycles. The van der Waals surface area contributed by atoms with Crippen LogP contribution in [0.2, 0.25) is 0 Å². The predicted octanol–water partition coefficient (Wildman–Crippen LogP) is 4.67. The van der Waals surface area contributed by atoms with Gasteiger partial charge in [-0.1, -0.05) is 68.0 Å². The van der Waals surface area contributed by atoms with Gasteiger partial charge >= 0.3 is 0 Å². The van der Waals surface area contributed by atoms with E-state index in [1.165, 1.54) is 21.6 Å². The first-order valence-electron chi connectivity index (χ1n) is 2.33.